The van der Waals surface area contributed by atoms with Gasteiger partial charge in [-0.3, -0.25) is 0 Å². The van der Waals surface area contributed by atoms with E-state index >= 15 is 0 Å². The number of benzene rings is 1. The minimum atomic E-state index is -0.893. The molecule has 1 fully saturated rings. The van der Waals surface area contributed by atoms with Gasteiger partial charge in [0.2, 0.25) is 5.88 Å². The zero-order valence-corrected chi connectivity index (χ0v) is 16.0. The molecule has 0 saturated carbocycles. The fraction of sp³-hybridized carbons (Fsp3) is 0.421. The van der Waals surface area contributed by atoms with Gasteiger partial charge < -0.3 is 19.9 Å². The topological polar surface area (TPSA) is 63.6 Å². The molecule has 1 aliphatic heterocycles. The number of aliphatic hydroxyl groups is 1. The second-order valence-electron chi connectivity index (χ2n) is 6.71. The van der Waals surface area contributed by atoms with E-state index in [1.165, 1.54) is 0 Å². The molecule has 0 atom stereocenters. The van der Waals surface area contributed by atoms with Crippen molar-refractivity contribution in [1.29, 1.82) is 0 Å². The lowest BCUT2D eigenvalue weighted by Crippen LogP contribution is -2.34. The second-order valence-corrected chi connectivity index (χ2v) is 7.56. The maximum atomic E-state index is 10.1. The predicted molar refractivity (Wildman–Crippen MR) is 100 cm³/mol. The Hall–Kier alpha value is -1.63. The van der Waals surface area contributed by atoms with Gasteiger partial charge in [-0.05, 0) is 79.5 Å². The summed E-state index contributed by atoms with van der Waals surface area (Å²) in [5, 5.41) is 13.4. The molecule has 1 aromatic heterocycles. The van der Waals surface area contributed by atoms with E-state index in [0.717, 1.165) is 36.0 Å². The summed E-state index contributed by atoms with van der Waals surface area (Å²) in [6.07, 6.45) is 3.89. The molecule has 0 unspecified atom stereocenters. The van der Waals surface area contributed by atoms with Crippen LogP contribution in [0, 0.1) is 0 Å². The Morgan fingerprint density at radius 3 is 2.56 bits per heavy atom. The molecule has 134 valence electrons. The molecular weight excluding hydrogens is 384 g/mol. The monoisotopic (exact) mass is 406 g/mol. The van der Waals surface area contributed by atoms with Gasteiger partial charge in [-0.2, -0.15) is 0 Å². The van der Waals surface area contributed by atoms with Crippen LogP contribution >= 0.6 is 15.9 Å². The van der Waals surface area contributed by atoms with Crippen LogP contribution in [0.25, 0.3) is 0 Å². The highest BCUT2D eigenvalue weighted by Gasteiger charge is 2.18. The first kappa shape index (κ1) is 18.2. The first-order valence-electron chi connectivity index (χ1n) is 8.45. The average Bonchev–Trinajstić information content (AvgIpc) is 2.58. The van der Waals surface area contributed by atoms with Crippen LogP contribution in [0.2, 0.25) is 0 Å². The number of hydrogen-bond acceptors (Lipinski definition) is 5. The van der Waals surface area contributed by atoms with E-state index in [1.807, 2.05) is 30.3 Å². The predicted octanol–water partition coefficient (Wildman–Crippen LogP) is 3.99. The highest BCUT2D eigenvalue weighted by atomic mass is 79.9. The molecule has 2 heterocycles. The van der Waals surface area contributed by atoms with Crippen LogP contribution in [0.3, 0.4) is 0 Å². The molecule has 2 aromatic rings. The van der Waals surface area contributed by atoms with Gasteiger partial charge in [-0.1, -0.05) is 6.07 Å². The molecule has 0 spiro atoms. The highest BCUT2D eigenvalue weighted by Crippen LogP contribution is 2.33. The van der Waals surface area contributed by atoms with Crippen molar-refractivity contribution >= 4 is 15.9 Å². The third-order valence-corrected chi connectivity index (χ3v) is 4.77. The molecule has 0 bridgehead atoms. The maximum absolute atomic E-state index is 10.1. The van der Waals surface area contributed by atoms with Crippen LogP contribution in [0.4, 0.5) is 0 Å². The smallest absolute Gasteiger partial charge is 0.213 e. The van der Waals surface area contributed by atoms with Crippen LogP contribution in [-0.4, -0.2) is 29.3 Å². The van der Waals surface area contributed by atoms with Gasteiger partial charge in [0.05, 0.1) is 16.3 Å². The number of aromatic nitrogens is 1. The first-order chi connectivity index (χ1) is 11.9. The molecule has 1 aliphatic rings. The van der Waals surface area contributed by atoms with Crippen molar-refractivity contribution in [3.05, 3.63) is 46.6 Å². The van der Waals surface area contributed by atoms with E-state index in [0.29, 0.717) is 17.4 Å². The fourth-order valence-corrected chi connectivity index (χ4v) is 3.13. The molecule has 0 aliphatic carbocycles. The number of nitrogens with zero attached hydrogens (tertiary/aromatic N) is 1. The molecule has 25 heavy (non-hydrogen) atoms. The SMILES string of the molecule is CC(C)(O)c1ccc(Oc2ccc(OC3CCNCC3)nc2)c(Br)c1. The minimum absolute atomic E-state index is 0.226. The summed E-state index contributed by atoms with van der Waals surface area (Å²) in [5.74, 6) is 1.92. The van der Waals surface area contributed by atoms with Crippen molar-refractivity contribution in [2.24, 2.45) is 0 Å². The normalized spacial score (nSPS) is 15.8. The Bertz CT molecular complexity index is 708. The quantitative estimate of drug-likeness (QED) is 0.785. The summed E-state index contributed by atoms with van der Waals surface area (Å²) in [6.45, 7) is 5.47. The van der Waals surface area contributed by atoms with Gasteiger partial charge in [-0.25, -0.2) is 4.98 Å². The zero-order chi connectivity index (χ0) is 17.9. The van der Waals surface area contributed by atoms with E-state index in [1.54, 1.807) is 20.0 Å². The van der Waals surface area contributed by atoms with Crippen molar-refractivity contribution < 1.29 is 14.6 Å². The molecule has 0 radical (unpaired) electrons. The lowest BCUT2D eigenvalue weighted by Gasteiger charge is -2.23. The van der Waals surface area contributed by atoms with Crippen LogP contribution in [0.15, 0.2) is 41.0 Å². The summed E-state index contributed by atoms with van der Waals surface area (Å²) < 4.78 is 12.5. The molecule has 2 N–H and O–H groups in total. The molecule has 5 nitrogen and oxygen atoms in total. The number of hydrogen-bond donors (Lipinski definition) is 2. The van der Waals surface area contributed by atoms with Crippen molar-refractivity contribution in [3.63, 3.8) is 0 Å². The van der Waals surface area contributed by atoms with Crippen LogP contribution in [0.1, 0.15) is 32.3 Å². The summed E-state index contributed by atoms with van der Waals surface area (Å²) in [7, 11) is 0. The van der Waals surface area contributed by atoms with E-state index < -0.39 is 5.60 Å². The molecule has 0 amide bonds. The summed E-state index contributed by atoms with van der Waals surface area (Å²) in [5.41, 5.74) is -0.0773. The van der Waals surface area contributed by atoms with Gasteiger partial charge in [0, 0.05) is 6.07 Å². The van der Waals surface area contributed by atoms with Gasteiger partial charge in [0.15, 0.2) is 0 Å². The second kappa shape index (κ2) is 7.72. The lowest BCUT2D eigenvalue weighted by molar-refractivity contribution is 0.0785. The van der Waals surface area contributed by atoms with Crippen LogP contribution in [0.5, 0.6) is 17.4 Å². The molecular formula is C19H23BrN2O3. The number of ether oxygens (including phenoxy) is 2. The average molecular weight is 407 g/mol. The number of nitrogens with one attached hydrogen (secondary N) is 1. The largest absolute Gasteiger partial charge is 0.474 e. The first-order valence-corrected chi connectivity index (χ1v) is 9.25. The molecule has 3 rings (SSSR count). The van der Waals surface area contributed by atoms with E-state index in [2.05, 4.69) is 26.2 Å². The fourth-order valence-electron chi connectivity index (χ4n) is 2.67. The maximum Gasteiger partial charge on any atom is 0.213 e. The Labute approximate surface area is 156 Å². The minimum Gasteiger partial charge on any atom is -0.474 e. The molecule has 1 aromatic carbocycles. The number of rotatable bonds is 5. The van der Waals surface area contributed by atoms with E-state index in [4.69, 9.17) is 9.47 Å². The Kier molecular flexibility index (Phi) is 5.61. The Morgan fingerprint density at radius 1 is 1.20 bits per heavy atom. The highest BCUT2D eigenvalue weighted by molar-refractivity contribution is 9.10. The summed E-state index contributed by atoms with van der Waals surface area (Å²) in [6, 6.07) is 9.21. The van der Waals surface area contributed by atoms with Gasteiger partial charge >= 0.3 is 0 Å². The standard InChI is InChI=1S/C19H23BrN2O3/c1-19(2,23)13-3-5-17(16(20)11-13)24-15-4-6-18(22-12-15)25-14-7-9-21-10-8-14/h3-6,11-12,14,21,23H,7-10H2,1-2H3. The zero-order valence-electron chi connectivity index (χ0n) is 14.5. The van der Waals surface area contributed by atoms with Gasteiger partial charge in [0.25, 0.3) is 0 Å². The van der Waals surface area contributed by atoms with E-state index in [9.17, 15) is 5.11 Å². The Balaban J connectivity index is 1.65. The summed E-state index contributed by atoms with van der Waals surface area (Å²) in [4.78, 5) is 4.33. The van der Waals surface area contributed by atoms with Crippen molar-refractivity contribution in [3.8, 4) is 17.4 Å². The van der Waals surface area contributed by atoms with E-state index in [-0.39, 0.29) is 6.10 Å². The molecule has 1 saturated heterocycles. The van der Waals surface area contributed by atoms with Crippen molar-refractivity contribution in [2.45, 2.75) is 38.4 Å². The van der Waals surface area contributed by atoms with Crippen molar-refractivity contribution in [1.82, 2.24) is 10.3 Å². The van der Waals surface area contributed by atoms with Gasteiger partial charge in [0.1, 0.15) is 17.6 Å². The molecule has 6 heteroatoms. The third kappa shape index (κ3) is 4.93. The number of pyridine rings is 1. The third-order valence-electron chi connectivity index (χ3n) is 4.15. The van der Waals surface area contributed by atoms with Gasteiger partial charge in [-0.15, -0.1) is 0 Å². The lowest BCUT2D eigenvalue weighted by atomic mass is 9.99. The van der Waals surface area contributed by atoms with Crippen molar-refractivity contribution in [2.75, 3.05) is 13.1 Å². The van der Waals surface area contributed by atoms with Crippen LogP contribution < -0.4 is 14.8 Å². The Morgan fingerprint density at radius 2 is 1.96 bits per heavy atom. The van der Waals surface area contributed by atoms with Crippen LogP contribution in [-0.2, 0) is 5.60 Å². The number of halogens is 1. The summed E-state index contributed by atoms with van der Waals surface area (Å²) >= 11 is 3.49. The number of piperidine rings is 1.